The minimum Gasteiger partial charge on any atom is -0.490 e. The summed E-state index contributed by atoms with van der Waals surface area (Å²) in [6.45, 7) is 0. The molecule has 0 saturated heterocycles. The molecule has 2 aromatic rings. The first-order valence-electron chi connectivity index (χ1n) is 5.83. The number of hydrogen-bond acceptors (Lipinski definition) is 4. The zero-order chi connectivity index (χ0) is 15.4. The van der Waals surface area contributed by atoms with Crippen molar-refractivity contribution in [3.63, 3.8) is 0 Å². The van der Waals surface area contributed by atoms with Gasteiger partial charge in [-0.2, -0.15) is 0 Å². The topological polar surface area (TPSA) is 64.7 Å². The molecule has 0 aromatic heterocycles. The molecule has 0 radical (unpaired) electrons. The van der Waals surface area contributed by atoms with Crippen LogP contribution in [-0.4, -0.2) is 18.2 Å². The Labute approximate surface area is 128 Å². The second-order valence-corrected chi connectivity index (χ2v) is 4.95. The summed E-state index contributed by atoms with van der Waals surface area (Å²) in [4.78, 5) is 14.7. The van der Waals surface area contributed by atoms with Gasteiger partial charge in [0.2, 0.25) is 0 Å². The smallest absolute Gasteiger partial charge is 0.319 e. The number of nitro groups is 1. The molecule has 0 bridgehead atoms. The van der Waals surface area contributed by atoms with Crippen molar-refractivity contribution in [3.05, 3.63) is 62.4 Å². The quantitative estimate of drug-likeness (QED) is 0.469. The van der Waals surface area contributed by atoms with E-state index in [0.717, 1.165) is 0 Å². The first kappa shape index (κ1) is 15.1. The van der Waals surface area contributed by atoms with Gasteiger partial charge >= 0.3 is 5.69 Å². The van der Waals surface area contributed by atoms with E-state index in [0.29, 0.717) is 10.2 Å². The number of rotatable bonds is 4. The average molecular weight is 353 g/mol. The first-order chi connectivity index (χ1) is 10.0. The van der Waals surface area contributed by atoms with Gasteiger partial charge in [0.15, 0.2) is 5.75 Å². The van der Waals surface area contributed by atoms with Crippen molar-refractivity contribution in [1.29, 1.82) is 0 Å². The van der Waals surface area contributed by atoms with Gasteiger partial charge in [-0.25, -0.2) is 4.39 Å². The molecular weight excluding hydrogens is 343 g/mol. The fourth-order valence-corrected chi connectivity index (χ4v) is 2.17. The number of ether oxygens (including phenoxy) is 1. The Balaban J connectivity index is 2.45. The zero-order valence-electron chi connectivity index (χ0n) is 10.9. The number of hydrogen-bond donors (Lipinski definition) is 0. The summed E-state index contributed by atoms with van der Waals surface area (Å²) in [6.07, 6.45) is 1.35. The highest BCUT2D eigenvalue weighted by Crippen LogP contribution is 2.33. The van der Waals surface area contributed by atoms with Gasteiger partial charge in [0.25, 0.3) is 0 Å². The van der Waals surface area contributed by atoms with Crippen molar-refractivity contribution in [3.8, 4) is 5.75 Å². The molecule has 2 aromatic carbocycles. The number of methoxy groups -OCH3 is 1. The summed E-state index contributed by atoms with van der Waals surface area (Å²) < 4.78 is 18.5. The minimum atomic E-state index is -0.530. The lowest BCUT2D eigenvalue weighted by molar-refractivity contribution is -0.385. The third-order valence-corrected chi connectivity index (χ3v) is 3.11. The molecule has 0 fully saturated rings. The number of aliphatic imine (C=N–C) groups is 1. The third-order valence-electron chi connectivity index (χ3n) is 2.65. The first-order valence-corrected chi connectivity index (χ1v) is 6.62. The fourth-order valence-electron chi connectivity index (χ4n) is 1.72. The Morgan fingerprint density at radius 3 is 2.57 bits per heavy atom. The maximum atomic E-state index is 12.8. The molecule has 5 nitrogen and oxygen atoms in total. The Morgan fingerprint density at radius 2 is 2.00 bits per heavy atom. The van der Waals surface area contributed by atoms with E-state index in [1.807, 2.05) is 0 Å². The van der Waals surface area contributed by atoms with Crippen molar-refractivity contribution in [1.82, 2.24) is 0 Å². The zero-order valence-corrected chi connectivity index (χ0v) is 12.5. The molecule has 7 heteroatoms. The maximum absolute atomic E-state index is 12.8. The van der Waals surface area contributed by atoms with E-state index in [-0.39, 0.29) is 22.8 Å². The Hall–Kier alpha value is -2.28. The van der Waals surface area contributed by atoms with Gasteiger partial charge in [0, 0.05) is 16.8 Å². The number of benzene rings is 2. The summed E-state index contributed by atoms with van der Waals surface area (Å²) in [5.74, 6) is -0.237. The van der Waals surface area contributed by atoms with Crippen LogP contribution >= 0.6 is 15.9 Å². The van der Waals surface area contributed by atoms with Crippen molar-refractivity contribution >= 4 is 33.5 Å². The maximum Gasteiger partial charge on any atom is 0.319 e. The highest BCUT2D eigenvalue weighted by Gasteiger charge is 2.20. The van der Waals surface area contributed by atoms with E-state index in [1.54, 1.807) is 6.07 Å². The SMILES string of the molecule is COc1cc(Br)cc(/C=N/c2ccc(F)cc2)c1[N+](=O)[O-]. The van der Waals surface area contributed by atoms with E-state index in [1.165, 1.54) is 43.7 Å². The van der Waals surface area contributed by atoms with E-state index in [9.17, 15) is 14.5 Å². The molecule has 0 heterocycles. The molecule has 0 spiro atoms. The Kier molecular flexibility index (Phi) is 4.64. The van der Waals surface area contributed by atoms with Gasteiger partial charge < -0.3 is 4.74 Å². The van der Waals surface area contributed by atoms with Gasteiger partial charge in [-0.05, 0) is 30.3 Å². The normalized spacial score (nSPS) is 10.8. The standard InChI is InChI=1S/C14H10BrFN2O3/c1-21-13-7-10(15)6-9(14(13)18(19)20)8-17-12-4-2-11(16)3-5-12/h2-8H,1H3/b17-8+. The van der Waals surface area contributed by atoms with Crippen LogP contribution in [0, 0.1) is 15.9 Å². The molecule has 0 unspecified atom stereocenters. The van der Waals surface area contributed by atoms with Crippen LogP contribution in [0.4, 0.5) is 15.8 Å². The molecule has 21 heavy (non-hydrogen) atoms. The van der Waals surface area contributed by atoms with Crippen LogP contribution in [0.15, 0.2) is 45.9 Å². The number of nitro benzene ring substituents is 1. The van der Waals surface area contributed by atoms with Gasteiger partial charge in [0.1, 0.15) is 5.82 Å². The van der Waals surface area contributed by atoms with Gasteiger partial charge in [-0.3, -0.25) is 15.1 Å². The molecule has 0 atom stereocenters. The van der Waals surface area contributed by atoms with Crippen LogP contribution in [0.3, 0.4) is 0 Å². The van der Waals surface area contributed by atoms with Crippen LogP contribution in [0.25, 0.3) is 0 Å². The lowest BCUT2D eigenvalue weighted by Crippen LogP contribution is -1.98. The summed E-state index contributed by atoms with van der Waals surface area (Å²) in [5, 5.41) is 11.2. The molecule has 108 valence electrons. The van der Waals surface area contributed by atoms with Crippen LogP contribution in [0.2, 0.25) is 0 Å². The van der Waals surface area contributed by atoms with Gasteiger partial charge in [-0.15, -0.1) is 0 Å². The summed E-state index contributed by atoms with van der Waals surface area (Å²) in [5.41, 5.74) is 0.603. The van der Waals surface area contributed by atoms with Crippen molar-refractivity contribution in [2.45, 2.75) is 0 Å². The van der Waals surface area contributed by atoms with E-state index in [4.69, 9.17) is 4.74 Å². The van der Waals surface area contributed by atoms with Gasteiger partial charge in [0.05, 0.1) is 23.3 Å². The molecule has 0 amide bonds. The molecule has 2 rings (SSSR count). The van der Waals surface area contributed by atoms with E-state index >= 15 is 0 Å². The van der Waals surface area contributed by atoms with Crippen molar-refractivity contribution in [2.75, 3.05) is 7.11 Å². The molecule has 0 aliphatic heterocycles. The summed E-state index contributed by atoms with van der Waals surface area (Å²) in [6, 6.07) is 8.56. The number of halogens is 2. The predicted molar refractivity (Wildman–Crippen MR) is 81.0 cm³/mol. The average Bonchev–Trinajstić information content (AvgIpc) is 2.45. The highest BCUT2D eigenvalue weighted by molar-refractivity contribution is 9.10. The van der Waals surface area contributed by atoms with E-state index in [2.05, 4.69) is 20.9 Å². The Morgan fingerprint density at radius 1 is 1.33 bits per heavy atom. The van der Waals surface area contributed by atoms with Crippen LogP contribution in [0.5, 0.6) is 5.75 Å². The Bertz CT molecular complexity index is 702. The van der Waals surface area contributed by atoms with Gasteiger partial charge in [-0.1, -0.05) is 15.9 Å². The molecular formula is C14H10BrFN2O3. The predicted octanol–water partition coefficient (Wildman–Crippen LogP) is 4.26. The van der Waals surface area contributed by atoms with Crippen LogP contribution < -0.4 is 4.74 Å². The summed E-state index contributed by atoms with van der Waals surface area (Å²) >= 11 is 3.26. The molecule has 0 aliphatic carbocycles. The van der Waals surface area contributed by atoms with E-state index < -0.39 is 4.92 Å². The van der Waals surface area contributed by atoms with Crippen molar-refractivity contribution < 1.29 is 14.1 Å². The lowest BCUT2D eigenvalue weighted by atomic mass is 10.2. The highest BCUT2D eigenvalue weighted by atomic mass is 79.9. The monoisotopic (exact) mass is 352 g/mol. The minimum absolute atomic E-state index is 0.134. The second kappa shape index (κ2) is 6.45. The van der Waals surface area contributed by atoms with Crippen molar-refractivity contribution in [2.24, 2.45) is 4.99 Å². The molecule has 0 aliphatic rings. The number of nitrogens with zero attached hydrogens (tertiary/aromatic N) is 2. The molecule has 0 N–H and O–H groups in total. The van der Waals surface area contributed by atoms with Crippen LogP contribution in [-0.2, 0) is 0 Å². The van der Waals surface area contributed by atoms with Crippen LogP contribution in [0.1, 0.15) is 5.56 Å². The lowest BCUT2D eigenvalue weighted by Gasteiger charge is -2.05. The molecule has 0 saturated carbocycles. The third kappa shape index (κ3) is 3.63. The largest absolute Gasteiger partial charge is 0.490 e. The summed E-state index contributed by atoms with van der Waals surface area (Å²) in [7, 11) is 1.36. The second-order valence-electron chi connectivity index (χ2n) is 4.04. The fraction of sp³-hybridized carbons (Fsp3) is 0.0714.